The summed E-state index contributed by atoms with van der Waals surface area (Å²) in [5, 5.41) is 4.18. The molecular weight excluding hydrogens is 857 g/mol. The lowest BCUT2D eigenvalue weighted by atomic mass is 10.1. The first-order chi connectivity index (χ1) is 31.3. The van der Waals surface area contributed by atoms with E-state index >= 15 is 0 Å². The summed E-state index contributed by atoms with van der Waals surface area (Å²) in [5.41, 5.74) is 12.5. The van der Waals surface area contributed by atoms with E-state index in [1.54, 1.807) is 43.2 Å². The lowest BCUT2D eigenvalue weighted by molar-refractivity contribution is -0.125. The number of anilines is 2. The average Bonchev–Trinajstić information content (AvgIpc) is 4.15. The minimum Gasteiger partial charge on any atom is -0.495 e. The summed E-state index contributed by atoms with van der Waals surface area (Å²) >= 11 is 3.40. The molecule has 14 nitrogen and oxygen atoms in total. The molecule has 334 valence electrons. The van der Waals surface area contributed by atoms with Gasteiger partial charge in [0.05, 0.1) is 46.5 Å². The fourth-order valence-electron chi connectivity index (χ4n) is 9.32. The predicted octanol–water partition coefficient (Wildman–Crippen LogP) is 9.14. The van der Waals surface area contributed by atoms with Crippen LogP contribution in [-0.4, -0.2) is 105 Å². The Balaban J connectivity index is 0.000000164. The van der Waals surface area contributed by atoms with Gasteiger partial charge in [-0.15, -0.1) is 22.7 Å². The van der Waals surface area contributed by atoms with Gasteiger partial charge in [0.15, 0.2) is 0 Å². The van der Waals surface area contributed by atoms with E-state index < -0.39 is 0 Å². The first kappa shape index (κ1) is 43.5. The van der Waals surface area contributed by atoms with E-state index in [2.05, 4.69) is 99.9 Å². The number of carbonyl (C=O) groups excluding carboxylic acids is 2. The Bertz CT molecular complexity index is 3200. The second-order valence-electron chi connectivity index (χ2n) is 16.9. The molecule has 6 aromatic heterocycles. The number of hydrogen-bond acceptors (Lipinski definition) is 12. The van der Waals surface area contributed by atoms with Gasteiger partial charge in [0, 0.05) is 73.5 Å². The van der Waals surface area contributed by atoms with Crippen LogP contribution in [0.5, 0.6) is 11.5 Å². The van der Waals surface area contributed by atoms with Gasteiger partial charge in [-0.2, -0.15) is 0 Å². The van der Waals surface area contributed by atoms with Gasteiger partial charge in [-0.05, 0) is 91.9 Å². The summed E-state index contributed by atoms with van der Waals surface area (Å²) in [6.07, 6.45) is 10.4. The van der Waals surface area contributed by atoms with Crippen LogP contribution < -0.4 is 20.1 Å². The normalized spacial score (nSPS) is 16.1. The van der Waals surface area contributed by atoms with E-state index in [9.17, 15) is 9.59 Å². The molecule has 2 unspecified atom stereocenters. The second kappa shape index (κ2) is 17.3. The van der Waals surface area contributed by atoms with Crippen LogP contribution in [0.3, 0.4) is 0 Å². The van der Waals surface area contributed by atoms with Crippen molar-refractivity contribution in [3.8, 4) is 32.4 Å². The van der Waals surface area contributed by atoms with Gasteiger partial charge in [-0.1, -0.05) is 25.3 Å². The quantitative estimate of drug-likeness (QED) is 0.139. The lowest BCUT2D eigenvalue weighted by Crippen LogP contribution is -2.27. The third-order valence-electron chi connectivity index (χ3n) is 12.3. The molecule has 8 aromatic rings. The molecule has 2 aliphatic heterocycles. The number of aryl methyl sites for hydroxylation is 3. The fraction of sp³-hybridized carbons (Fsp3) is 0.306. The summed E-state index contributed by atoms with van der Waals surface area (Å²) < 4.78 is 17.9. The van der Waals surface area contributed by atoms with Crippen molar-refractivity contribution in [2.24, 2.45) is 0 Å². The van der Waals surface area contributed by atoms with E-state index in [1.165, 1.54) is 23.1 Å². The molecule has 2 amide bonds. The Morgan fingerprint density at radius 2 is 1.25 bits per heavy atom. The number of ether oxygens (including phenoxy) is 2. The fourth-order valence-corrected chi connectivity index (χ4v) is 11.6. The zero-order valence-corrected chi connectivity index (χ0v) is 39.3. The van der Waals surface area contributed by atoms with Crippen molar-refractivity contribution in [1.82, 2.24) is 38.9 Å². The number of hydrogen-bond donors (Lipinski definition) is 1. The number of amides is 2. The van der Waals surface area contributed by atoms with Gasteiger partial charge in [-0.25, -0.2) is 19.9 Å². The number of benzene rings is 2. The second-order valence-corrected chi connectivity index (χ2v) is 19.0. The summed E-state index contributed by atoms with van der Waals surface area (Å²) in [6, 6.07) is 13.2. The molecule has 2 aliphatic rings. The molecule has 2 atom stereocenters. The molecule has 2 saturated heterocycles. The number of carbonyl (C=O) groups is 2. The maximum Gasteiger partial charge on any atom is 0.246 e. The maximum atomic E-state index is 12.2. The SMILES string of the molecule is C=CC(=O)N1CCC(n2cc(-c3cc4cc(C)cc(OC)c4s3)c3c(N(C)C)ncnc32)C1.C=CC(=O)N1CCC(n2cc(-c3cc4cc(C)cc(OC)c4s3)c3c(N)nc(C)nc32)C1. The van der Waals surface area contributed by atoms with E-state index in [0.717, 1.165) is 100 Å². The van der Waals surface area contributed by atoms with Crippen LogP contribution >= 0.6 is 22.7 Å². The summed E-state index contributed by atoms with van der Waals surface area (Å²) in [7, 11) is 7.42. The number of aromatic nitrogens is 6. The number of thiophene rings is 2. The molecule has 2 N–H and O–H groups in total. The molecule has 0 radical (unpaired) electrons. The zero-order chi connectivity index (χ0) is 45.8. The van der Waals surface area contributed by atoms with Gasteiger partial charge < -0.3 is 39.0 Å². The highest BCUT2D eigenvalue weighted by molar-refractivity contribution is 7.23. The monoisotopic (exact) mass is 908 g/mol. The minimum absolute atomic E-state index is 0.0234. The third kappa shape index (κ3) is 7.84. The van der Waals surface area contributed by atoms with Crippen molar-refractivity contribution >= 4 is 88.4 Å². The maximum absolute atomic E-state index is 12.2. The van der Waals surface area contributed by atoms with Crippen molar-refractivity contribution in [1.29, 1.82) is 0 Å². The molecule has 0 saturated carbocycles. The summed E-state index contributed by atoms with van der Waals surface area (Å²) in [6.45, 7) is 15.9. The van der Waals surface area contributed by atoms with Gasteiger partial charge in [-0.3, -0.25) is 9.59 Å². The van der Waals surface area contributed by atoms with Gasteiger partial charge >= 0.3 is 0 Å². The van der Waals surface area contributed by atoms with Crippen LogP contribution in [0.2, 0.25) is 0 Å². The van der Waals surface area contributed by atoms with Crippen molar-refractivity contribution in [3.63, 3.8) is 0 Å². The molecule has 8 heterocycles. The third-order valence-corrected chi connectivity index (χ3v) is 14.7. The van der Waals surface area contributed by atoms with E-state index in [-0.39, 0.29) is 23.9 Å². The van der Waals surface area contributed by atoms with E-state index in [0.29, 0.717) is 31.3 Å². The van der Waals surface area contributed by atoms with Crippen LogP contribution in [0.4, 0.5) is 11.6 Å². The molecule has 0 aliphatic carbocycles. The summed E-state index contributed by atoms with van der Waals surface area (Å²) in [4.78, 5) is 50.7. The van der Waals surface area contributed by atoms with E-state index in [1.807, 2.05) is 35.7 Å². The molecule has 2 aromatic carbocycles. The van der Waals surface area contributed by atoms with Gasteiger partial charge in [0.25, 0.3) is 0 Å². The average molecular weight is 909 g/mol. The molecule has 2 fully saturated rings. The van der Waals surface area contributed by atoms with Crippen molar-refractivity contribution < 1.29 is 19.1 Å². The zero-order valence-electron chi connectivity index (χ0n) is 37.7. The summed E-state index contributed by atoms with van der Waals surface area (Å²) in [5.74, 6) is 3.68. The number of likely N-dealkylation sites (tertiary alicyclic amines) is 2. The first-order valence-corrected chi connectivity index (χ1v) is 23.1. The standard InChI is InChI=1S/C25H27N5O2S.C24H25N5O2S/c1-6-21(31)29-8-7-17(12-29)30-13-18(22-24(28(3)4)26-14-27-25(22)30)20-11-16-9-15(2)10-19(32-5)23(16)33-20;1-5-20(30)28-7-6-16(11-28)29-12-17(21-23(25)26-14(3)27-24(21)29)19-10-15-8-13(2)9-18(31-4)22(15)32-19/h6,9-11,13-14,17H,1,7-8,12H2,2-5H3;5,8-10,12,16H,1,6-7,11H2,2-4H3,(H2,25,26,27). The Morgan fingerprint density at radius 3 is 1.74 bits per heavy atom. The highest BCUT2D eigenvalue weighted by Crippen LogP contribution is 2.46. The Kier molecular flexibility index (Phi) is 11.6. The molecule has 65 heavy (non-hydrogen) atoms. The molecule has 0 bridgehead atoms. The molecule has 10 rings (SSSR count). The number of methoxy groups -OCH3 is 2. The van der Waals surface area contributed by atoms with Crippen molar-refractivity contribution in [2.75, 3.05) is 65.1 Å². The lowest BCUT2D eigenvalue weighted by Gasteiger charge is -2.16. The van der Waals surface area contributed by atoms with Crippen LogP contribution in [0.15, 0.2) is 80.4 Å². The van der Waals surface area contributed by atoms with Gasteiger partial charge in [0.2, 0.25) is 11.8 Å². The van der Waals surface area contributed by atoms with Crippen LogP contribution in [0.1, 0.15) is 41.9 Å². The number of nitrogen functional groups attached to an aromatic ring is 1. The highest BCUT2D eigenvalue weighted by atomic mass is 32.1. The number of rotatable bonds is 9. The molecular formula is C49H52N10O4S2. The van der Waals surface area contributed by atoms with Gasteiger partial charge in [0.1, 0.15) is 46.6 Å². The largest absolute Gasteiger partial charge is 0.495 e. The van der Waals surface area contributed by atoms with Crippen LogP contribution in [-0.2, 0) is 9.59 Å². The molecule has 0 spiro atoms. The smallest absolute Gasteiger partial charge is 0.246 e. The highest BCUT2D eigenvalue weighted by Gasteiger charge is 2.31. The Morgan fingerprint density at radius 1 is 0.738 bits per heavy atom. The molecule has 16 heteroatoms. The van der Waals surface area contributed by atoms with E-state index in [4.69, 9.17) is 20.2 Å². The topological polar surface area (TPSA) is 150 Å². The van der Waals surface area contributed by atoms with Crippen LogP contribution in [0, 0.1) is 20.8 Å². The Hall–Kier alpha value is -6.78. The number of fused-ring (bicyclic) bond motifs is 4. The predicted molar refractivity (Wildman–Crippen MR) is 264 cm³/mol. The van der Waals surface area contributed by atoms with Crippen LogP contribution in [0.25, 0.3) is 63.1 Å². The minimum atomic E-state index is -0.0403. The first-order valence-electron chi connectivity index (χ1n) is 21.5. The van der Waals surface area contributed by atoms with Crippen molar-refractivity contribution in [2.45, 2.75) is 45.7 Å². The number of nitrogens with two attached hydrogens (primary N) is 1. The van der Waals surface area contributed by atoms with Crippen molar-refractivity contribution in [3.05, 3.63) is 97.4 Å². The number of nitrogens with zero attached hydrogens (tertiary/aromatic N) is 9. The Labute approximate surface area is 385 Å².